The van der Waals surface area contributed by atoms with Crippen molar-refractivity contribution in [3.05, 3.63) is 0 Å². The summed E-state index contributed by atoms with van der Waals surface area (Å²) in [6.07, 6.45) is -0.593. The fourth-order valence-electron chi connectivity index (χ4n) is 0.214. The van der Waals surface area contributed by atoms with Gasteiger partial charge in [-0.1, -0.05) is 0 Å². The molecular formula is C4H6CdO4Zn. The van der Waals surface area contributed by atoms with Crippen LogP contribution in [-0.4, -0.2) is 22.2 Å². The molecule has 2 N–H and O–H groups in total. The van der Waals surface area contributed by atoms with Crippen LogP contribution in [0.4, 0.5) is 0 Å². The quantitative estimate of drug-likeness (QED) is 0.715. The van der Waals surface area contributed by atoms with Gasteiger partial charge in [-0.05, 0) is 0 Å². The van der Waals surface area contributed by atoms with Crippen LogP contribution in [0, 0.1) is 0 Å². The van der Waals surface area contributed by atoms with E-state index in [1.165, 1.54) is 0 Å². The molecule has 0 saturated heterocycles. The zero-order chi connectivity index (χ0) is 6.57. The molecule has 50 valence electrons. The van der Waals surface area contributed by atoms with Crippen molar-refractivity contribution < 1.29 is 66.6 Å². The van der Waals surface area contributed by atoms with Crippen molar-refractivity contribution >= 4 is 11.9 Å². The van der Waals surface area contributed by atoms with E-state index in [9.17, 15) is 9.59 Å². The van der Waals surface area contributed by atoms with Crippen molar-refractivity contribution in [3.8, 4) is 0 Å². The monoisotopic (exact) mass is 296 g/mol. The maximum Gasteiger partial charge on any atom is 0.303 e. The molecular weight excluding hydrogens is 290 g/mol. The van der Waals surface area contributed by atoms with Gasteiger partial charge >= 0.3 is 11.9 Å². The average molecular weight is 296 g/mol. The molecule has 0 atom stereocenters. The van der Waals surface area contributed by atoms with E-state index in [0.29, 0.717) is 0 Å². The Morgan fingerprint density at radius 3 is 1.30 bits per heavy atom. The molecule has 4 nitrogen and oxygen atoms in total. The molecule has 0 amide bonds. The van der Waals surface area contributed by atoms with E-state index in [1.807, 2.05) is 0 Å². The molecule has 0 fully saturated rings. The summed E-state index contributed by atoms with van der Waals surface area (Å²) < 4.78 is 0. The summed E-state index contributed by atoms with van der Waals surface area (Å²) in [5.41, 5.74) is 0. The zero-order valence-electron chi connectivity index (χ0n) is 5.54. The first-order valence-corrected chi connectivity index (χ1v) is 2.06. The van der Waals surface area contributed by atoms with E-state index in [2.05, 4.69) is 0 Å². The Morgan fingerprint density at radius 2 is 1.20 bits per heavy atom. The van der Waals surface area contributed by atoms with Gasteiger partial charge in [-0.25, -0.2) is 0 Å². The van der Waals surface area contributed by atoms with Gasteiger partial charge in [0.1, 0.15) is 0 Å². The number of carboxylic acid groups (broad SMARTS) is 2. The number of aliphatic carboxylic acids is 2. The van der Waals surface area contributed by atoms with Crippen LogP contribution in [0.1, 0.15) is 12.8 Å². The maximum atomic E-state index is 9.64. The minimum Gasteiger partial charge on any atom is -0.481 e. The molecule has 0 saturated carbocycles. The maximum absolute atomic E-state index is 9.64. The van der Waals surface area contributed by atoms with E-state index in [4.69, 9.17) is 10.2 Å². The summed E-state index contributed by atoms with van der Waals surface area (Å²) in [5.74, 6) is -2.15. The predicted molar refractivity (Wildman–Crippen MR) is 24.5 cm³/mol. The third-order valence-corrected chi connectivity index (χ3v) is 0.553. The summed E-state index contributed by atoms with van der Waals surface area (Å²) >= 11 is 0. The van der Waals surface area contributed by atoms with Gasteiger partial charge in [0, 0.05) is 46.8 Å². The molecule has 10 heavy (non-hydrogen) atoms. The average Bonchev–Trinajstić information content (AvgIpc) is 1.61. The van der Waals surface area contributed by atoms with E-state index in [0.717, 1.165) is 0 Å². The zero-order valence-corrected chi connectivity index (χ0v) is 12.5. The van der Waals surface area contributed by atoms with E-state index in [-0.39, 0.29) is 59.6 Å². The minimum atomic E-state index is -1.08. The Bertz CT molecular complexity index is 102. The number of carbonyl (C=O) groups is 2. The topological polar surface area (TPSA) is 74.6 Å². The smallest absolute Gasteiger partial charge is 0.303 e. The van der Waals surface area contributed by atoms with E-state index in [1.54, 1.807) is 0 Å². The first-order valence-electron chi connectivity index (χ1n) is 2.06. The summed E-state index contributed by atoms with van der Waals surface area (Å²) in [6, 6.07) is 0. The fourth-order valence-corrected chi connectivity index (χ4v) is 0.214. The first kappa shape index (κ1) is 16.8. The van der Waals surface area contributed by atoms with Gasteiger partial charge in [0.25, 0.3) is 0 Å². The van der Waals surface area contributed by atoms with Gasteiger partial charge in [-0.3, -0.25) is 9.59 Å². The second kappa shape index (κ2) is 9.49. The van der Waals surface area contributed by atoms with Gasteiger partial charge in [-0.2, -0.15) is 0 Å². The molecule has 0 aromatic carbocycles. The van der Waals surface area contributed by atoms with Gasteiger partial charge < -0.3 is 10.2 Å². The Hall–Kier alpha value is 0.485. The Labute approximate surface area is 90.9 Å². The number of carboxylic acids is 2. The molecule has 0 aliphatic rings. The second-order valence-corrected chi connectivity index (χ2v) is 1.29. The van der Waals surface area contributed by atoms with E-state index < -0.39 is 11.9 Å². The predicted octanol–water partition coefficient (Wildman–Crippen LogP) is -0.0692. The normalized spacial score (nSPS) is 6.80. The largest absolute Gasteiger partial charge is 0.481 e. The first-order chi connectivity index (χ1) is 3.63. The van der Waals surface area contributed by atoms with Crippen LogP contribution in [0.25, 0.3) is 0 Å². The van der Waals surface area contributed by atoms with Crippen molar-refractivity contribution in [1.29, 1.82) is 0 Å². The molecule has 0 heterocycles. The van der Waals surface area contributed by atoms with Crippen molar-refractivity contribution in [2.75, 3.05) is 0 Å². The minimum absolute atomic E-state index is 0. The molecule has 0 radical (unpaired) electrons. The summed E-state index contributed by atoms with van der Waals surface area (Å²) in [5, 5.41) is 15.8. The van der Waals surface area contributed by atoms with Crippen molar-refractivity contribution in [3.63, 3.8) is 0 Å². The third kappa shape index (κ3) is 15.8. The number of hydrogen-bond acceptors (Lipinski definition) is 2. The van der Waals surface area contributed by atoms with Crippen molar-refractivity contribution in [2.24, 2.45) is 0 Å². The van der Waals surface area contributed by atoms with Crippen LogP contribution >= 0.6 is 0 Å². The van der Waals surface area contributed by atoms with Crippen LogP contribution in [-0.2, 0) is 56.4 Å². The number of hydrogen-bond donors (Lipinski definition) is 2. The molecule has 0 unspecified atom stereocenters. The van der Waals surface area contributed by atoms with Crippen LogP contribution in [0.3, 0.4) is 0 Å². The third-order valence-electron chi connectivity index (χ3n) is 0.553. The second-order valence-electron chi connectivity index (χ2n) is 1.29. The Balaban J connectivity index is -0.000000245. The fraction of sp³-hybridized carbons (Fsp3) is 0.500. The van der Waals surface area contributed by atoms with Gasteiger partial charge in [-0.15, -0.1) is 0 Å². The summed E-state index contributed by atoms with van der Waals surface area (Å²) in [6.45, 7) is 0. The summed E-state index contributed by atoms with van der Waals surface area (Å²) in [4.78, 5) is 19.3. The molecule has 0 rings (SSSR count). The molecule has 0 spiro atoms. The SMILES string of the molecule is O=C(O)CCC(=O)O.[Cd].[Zn]. The molecule has 0 aromatic heterocycles. The van der Waals surface area contributed by atoms with Crippen LogP contribution < -0.4 is 0 Å². The molecule has 0 aliphatic heterocycles. The van der Waals surface area contributed by atoms with Gasteiger partial charge in [0.05, 0.1) is 12.8 Å². The Morgan fingerprint density at radius 1 is 1.00 bits per heavy atom. The van der Waals surface area contributed by atoms with Crippen molar-refractivity contribution in [1.82, 2.24) is 0 Å². The Kier molecular flexibility index (Phi) is 16.0. The summed E-state index contributed by atoms with van der Waals surface area (Å²) in [7, 11) is 0. The van der Waals surface area contributed by atoms with Crippen LogP contribution in [0.2, 0.25) is 0 Å². The van der Waals surface area contributed by atoms with Gasteiger partial charge in [0.2, 0.25) is 0 Å². The standard InChI is InChI=1S/C4H6O4.Cd.Zn/c5-3(6)1-2-4(7)8;;/h1-2H2,(H,5,6)(H,7,8);;. The molecule has 6 heteroatoms. The van der Waals surface area contributed by atoms with Gasteiger partial charge in [0.15, 0.2) is 0 Å². The van der Waals surface area contributed by atoms with Crippen LogP contribution in [0.5, 0.6) is 0 Å². The van der Waals surface area contributed by atoms with Crippen molar-refractivity contribution in [2.45, 2.75) is 12.8 Å². The van der Waals surface area contributed by atoms with Crippen LogP contribution in [0.15, 0.2) is 0 Å². The van der Waals surface area contributed by atoms with E-state index >= 15 is 0 Å². The number of rotatable bonds is 3. The molecule has 0 aliphatic carbocycles. The molecule has 0 aromatic rings. The molecule has 0 bridgehead atoms.